The number of likely N-dealkylation sites (tertiary alicyclic amines) is 1. The molecule has 2 aliphatic rings. The lowest BCUT2D eigenvalue weighted by Crippen LogP contribution is -2.41. The number of carbonyl (C=O) groups excluding carboxylic acids is 1. The number of rotatable bonds is 1. The Morgan fingerprint density at radius 3 is 3.00 bits per heavy atom. The molecule has 0 saturated carbocycles. The average Bonchev–Trinajstić information content (AvgIpc) is 2.81. The number of fused-ring (bicyclic) bond motifs is 1. The standard InChI is InChI=1S/C14H17ClN2O2/c15-10-3-4-11(13(18)6-10)14(19)17-7-9-2-1-5-16-12(9)8-17/h3-4,6,9,12,16,18H,1-2,5,7-8H2. The number of nitrogens with zero attached hydrogens (tertiary/aromatic N) is 1. The normalized spacial score (nSPS) is 26.3. The lowest BCUT2D eigenvalue weighted by atomic mass is 9.94. The van der Waals surface area contributed by atoms with Gasteiger partial charge in [0.15, 0.2) is 0 Å². The van der Waals surface area contributed by atoms with Gasteiger partial charge in [-0.3, -0.25) is 4.79 Å². The summed E-state index contributed by atoms with van der Waals surface area (Å²) in [6, 6.07) is 5.05. The molecule has 3 rings (SSSR count). The molecule has 19 heavy (non-hydrogen) atoms. The van der Waals surface area contributed by atoms with E-state index in [0.717, 1.165) is 19.6 Å². The van der Waals surface area contributed by atoms with Crippen molar-refractivity contribution in [2.75, 3.05) is 19.6 Å². The molecule has 0 radical (unpaired) electrons. The van der Waals surface area contributed by atoms with Crippen LogP contribution in [0.15, 0.2) is 18.2 Å². The molecule has 1 aromatic rings. The van der Waals surface area contributed by atoms with E-state index < -0.39 is 0 Å². The third-order valence-electron chi connectivity index (χ3n) is 4.08. The van der Waals surface area contributed by atoms with Crippen molar-refractivity contribution in [3.05, 3.63) is 28.8 Å². The van der Waals surface area contributed by atoms with Gasteiger partial charge in [-0.05, 0) is 43.5 Å². The van der Waals surface area contributed by atoms with Crippen molar-refractivity contribution >= 4 is 17.5 Å². The number of halogens is 1. The van der Waals surface area contributed by atoms with E-state index in [-0.39, 0.29) is 11.7 Å². The first kappa shape index (κ1) is 12.8. The number of nitrogens with one attached hydrogen (secondary N) is 1. The SMILES string of the molecule is O=C(c1ccc(Cl)cc1O)N1CC2CCCNC2C1. The largest absolute Gasteiger partial charge is 0.507 e. The van der Waals surface area contributed by atoms with Gasteiger partial charge in [0.1, 0.15) is 5.75 Å². The van der Waals surface area contributed by atoms with Crippen LogP contribution in [0.2, 0.25) is 5.02 Å². The van der Waals surface area contributed by atoms with E-state index in [2.05, 4.69) is 5.32 Å². The second-order valence-electron chi connectivity index (χ2n) is 5.33. The van der Waals surface area contributed by atoms with Gasteiger partial charge < -0.3 is 15.3 Å². The Hall–Kier alpha value is -1.26. The van der Waals surface area contributed by atoms with Crippen molar-refractivity contribution in [3.63, 3.8) is 0 Å². The second-order valence-corrected chi connectivity index (χ2v) is 5.77. The predicted molar refractivity (Wildman–Crippen MR) is 73.5 cm³/mol. The summed E-state index contributed by atoms with van der Waals surface area (Å²) >= 11 is 5.79. The maximum Gasteiger partial charge on any atom is 0.257 e. The zero-order valence-corrected chi connectivity index (χ0v) is 11.4. The number of hydrogen-bond acceptors (Lipinski definition) is 3. The fourth-order valence-corrected chi connectivity index (χ4v) is 3.23. The predicted octanol–water partition coefficient (Wildman–Crippen LogP) is 1.87. The van der Waals surface area contributed by atoms with Crippen LogP contribution in [0, 0.1) is 5.92 Å². The average molecular weight is 281 g/mol. The third-order valence-corrected chi connectivity index (χ3v) is 4.31. The quantitative estimate of drug-likeness (QED) is 0.826. The van der Waals surface area contributed by atoms with Crippen molar-refractivity contribution in [1.82, 2.24) is 10.2 Å². The van der Waals surface area contributed by atoms with Crippen LogP contribution in [0.3, 0.4) is 0 Å². The van der Waals surface area contributed by atoms with Gasteiger partial charge in [-0.2, -0.15) is 0 Å². The molecule has 1 aromatic carbocycles. The molecule has 2 unspecified atom stereocenters. The summed E-state index contributed by atoms with van der Waals surface area (Å²) < 4.78 is 0. The van der Waals surface area contributed by atoms with Gasteiger partial charge in [0.25, 0.3) is 5.91 Å². The van der Waals surface area contributed by atoms with E-state index in [9.17, 15) is 9.90 Å². The lowest BCUT2D eigenvalue weighted by molar-refractivity contribution is 0.0782. The summed E-state index contributed by atoms with van der Waals surface area (Å²) in [5.41, 5.74) is 0.336. The number of amides is 1. The molecule has 0 aliphatic carbocycles. The van der Waals surface area contributed by atoms with Crippen LogP contribution in [-0.2, 0) is 0 Å². The van der Waals surface area contributed by atoms with Crippen molar-refractivity contribution in [2.24, 2.45) is 5.92 Å². The van der Waals surface area contributed by atoms with E-state index in [1.807, 2.05) is 4.90 Å². The summed E-state index contributed by atoms with van der Waals surface area (Å²) in [7, 11) is 0. The van der Waals surface area contributed by atoms with Gasteiger partial charge in [-0.15, -0.1) is 0 Å². The van der Waals surface area contributed by atoms with Gasteiger partial charge in [0.2, 0.25) is 0 Å². The number of carbonyl (C=O) groups is 1. The minimum absolute atomic E-state index is 0.0414. The van der Waals surface area contributed by atoms with Crippen LogP contribution in [0.25, 0.3) is 0 Å². The number of benzene rings is 1. The van der Waals surface area contributed by atoms with E-state index in [1.54, 1.807) is 12.1 Å². The Labute approximate surface area is 117 Å². The van der Waals surface area contributed by atoms with Crippen molar-refractivity contribution in [3.8, 4) is 5.75 Å². The summed E-state index contributed by atoms with van der Waals surface area (Å²) in [5, 5.41) is 13.7. The molecule has 2 fully saturated rings. The number of hydrogen-bond donors (Lipinski definition) is 2. The molecule has 5 heteroatoms. The molecule has 2 saturated heterocycles. The van der Waals surface area contributed by atoms with Crippen molar-refractivity contribution in [1.29, 1.82) is 0 Å². The van der Waals surface area contributed by atoms with Crippen LogP contribution >= 0.6 is 11.6 Å². The first-order chi connectivity index (χ1) is 9.15. The Morgan fingerprint density at radius 1 is 1.42 bits per heavy atom. The lowest BCUT2D eigenvalue weighted by Gasteiger charge is -2.24. The summed E-state index contributed by atoms with van der Waals surface area (Å²) in [5.74, 6) is 0.401. The van der Waals surface area contributed by atoms with E-state index >= 15 is 0 Å². The molecule has 0 bridgehead atoms. The molecule has 2 aliphatic heterocycles. The highest BCUT2D eigenvalue weighted by molar-refractivity contribution is 6.30. The van der Waals surface area contributed by atoms with Gasteiger partial charge in [-0.25, -0.2) is 0 Å². The third kappa shape index (κ3) is 2.42. The minimum atomic E-state index is -0.106. The van der Waals surface area contributed by atoms with Gasteiger partial charge in [0, 0.05) is 24.2 Å². The number of piperidine rings is 1. The Bertz CT molecular complexity index is 492. The number of aromatic hydroxyl groups is 1. The monoisotopic (exact) mass is 280 g/mol. The molecular weight excluding hydrogens is 264 g/mol. The molecule has 4 nitrogen and oxygen atoms in total. The Balaban J connectivity index is 1.77. The highest BCUT2D eigenvalue weighted by Crippen LogP contribution is 2.29. The number of phenols is 1. The van der Waals surface area contributed by atoms with Gasteiger partial charge in [-0.1, -0.05) is 11.6 Å². The van der Waals surface area contributed by atoms with Crippen molar-refractivity contribution < 1.29 is 9.90 Å². The van der Waals surface area contributed by atoms with Crippen LogP contribution in [-0.4, -0.2) is 41.6 Å². The van der Waals surface area contributed by atoms with E-state index in [4.69, 9.17) is 11.6 Å². The van der Waals surface area contributed by atoms with Crippen LogP contribution < -0.4 is 5.32 Å². The second kappa shape index (κ2) is 5.02. The van der Waals surface area contributed by atoms with E-state index in [0.29, 0.717) is 22.5 Å². The molecule has 1 amide bonds. The highest BCUT2D eigenvalue weighted by Gasteiger charge is 2.37. The summed E-state index contributed by atoms with van der Waals surface area (Å²) in [6.45, 7) is 2.54. The van der Waals surface area contributed by atoms with Gasteiger partial charge >= 0.3 is 0 Å². The molecule has 102 valence electrons. The smallest absolute Gasteiger partial charge is 0.257 e. The van der Waals surface area contributed by atoms with Crippen LogP contribution in [0.4, 0.5) is 0 Å². The first-order valence-corrected chi connectivity index (χ1v) is 7.04. The molecular formula is C14H17ClN2O2. The molecule has 2 atom stereocenters. The zero-order valence-electron chi connectivity index (χ0n) is 10.6. The summed E-state index contributed by atoms with van der Waals surface area (Å²) in [4.78, 5) is 14.2. The Morgan fingerprint density at radius 2 is 2.26 bits per heavy atom. The maximum atomic E-state index is 12.4. The van der Waals surface area contributed by atoms with Gasteiger partial charge in [0.05, 0.1) is 5.56 Å². The highest BCUT2D eigenvalue weighted by atomic mass is 35.5. The number of phenolic OH excluding ortho intramolecular Hbond substituents is 1. The van der Waals surface area contributed by atoms with Crippen molar-refractivity contribution in [2.45, 2.75) is 18.9 Å². The zero-order chi connectivity index (χ0) is 13.4. The topological polar surface area (TPSA) is 52.6 Å². The molecule has 0 aromatic heterocycles. The molecule has 2 N–H and O–H groups in total. The van der Waals surface area contributed by atoms with Crippen LogP contribution in [0.5, 0.6) is 5.75 Å². The first-order valence-electron chi connectivity index (χ1n) is 6.66. The fraction of sp³-hybridized carbons (Fsp3) is 0.500. The van der Waals surface area contributed by atoms with Crippen LogP contribution in [0.1, 0.15) is 23.2 Å². The van der Waals surface area contributed by atoms with E-state index in [1.165, 1.54) is 18.9 Å². The minimum Gasteiger partial charge on any atom is -0.507 e. The maximum absolute atomic E-state index is 12.4. The Kier molecular flexibility index (Phi) is 3.37. The fourth-order valence-electron chi connectivity index (χ4n) is 3.07. The molecule has 2 heterocycles. The summed E-state index contributed by atoms with van der Waals surface area (Å²) in [6.07, 6.45) is 2.35. The molecule has 0 spiro atoms.